The molecule has 4 rings (SSSR count). The maximum atomic E-state index is 13.2. The van der Waals surface area contributed by atoms with Gasteiger partial charge in [0, 0.05) is 0 Å². The molecule has 0 aliphatic carbocycles. The summed E-state index contributed by atoms with van der Waals surface area (Å²) in [6, 6.07) is 16.8. The van der Waals surface area contributed by atoms with Crippen LogP contribution in [0.25, 0.3) is 6.08 Å². The molecule has 0 bridgehead atoms. The molecule has 184 valence electrons. The Labute approximate surface area is 216 Å². The number of carbonyl (C=O) groups excluding carboxylic acids is 3. The SMILES string of the molecule is COc1ccc(N2C(=O)NC(=O)/C(=C\c3cc(Br)c(OCc4cccc(C)c4)c(OC)c3)C2=O)cc1. The molecule has 0 atom stereocenters. The van der Waals surface area contributed by atoms with Gasteiger partial charge in [-0.15, -0.1) is 0 Å². The normalized spacial score (nSPS) is 14.6. The van der Waals surface area contributed by atoms with Crippen molar-refractivity contribution >= 4 is 45.5 Å². The Bertz CT molecular complexity index is 1370. The van der Waals surface area contributed by atoms with Crippen LogP contribution in [0.1, 0.15) is 16.7 Å². The fourth-order valence-corrected chi connectivity index (χ4v) is 4.28. The predicted molar refractivity (Wildman–Crippen MR) is 138 cm³/mol. The zero-order chi connectivity index (χ0) is 25.8. The van der Waals surface area contributed by atoms with Crippen LogP contribution in [0.5, 0.6) is 17.2 Å². The second-order valence-electron chi connectivity index (χ2n) is 7.97. The highest BCUT2D eigenvalue weighted by atomic mass is 79.9. The summed E-state index contributed by atoms with van der Waals surface area (Å²) in [6.45, 7) is 2.34. The van der Waals surface area contributed by atoms with E-state index < -0.39 is 17.8 Å². The number of barbiturate groups is 1. The molecule has 1 heterocycles. The molecule has 1 aliphatic heterocycles. The zero-order valence-corrected chi connectivity index (χ0v) is 21.4. The van der Waals surface area contributed by atoms with Crippen molar-refractivity contribution in [3.63, 3.8) is 0 Å². The third-order valence-corrected chi connectivity index (χ3v) is 6.05. The van der Waals surface area contributed by atoms with Gasteiger partial charge in [-0.25, -0.2) is 9.69 Å². The van der Waals surface area contributed by atoms with E-state index in [0.29, 0.717) is 39.6 Å². The van der Waals surface area contributed by atoms with Crippen molar-refractivity contribution in [2.24, 2.45) is 0 Å². The van der Waals surface area contributed by atoms with Gasteiger partial charge in [-0.05, 0) is 76.5 Å². The fourth-order valence-electron chi connectivity index (χ4n) is 3.71. The van der Waals surface area contributed by atoms with Crippen LogP contribution in [0.3, 0.4) is 0 Å². The molecular formula is C27H23BrN2O6. The number of amides is 4. The number of hydrogen-bond donors (Lipinski definition) is 1. The number of methoxy groups -OCH3 is 2. The third kappa shape index (κ3) is 5.26. The number of carbonyl (C=O) groups is 3. The smallest absolute Gasteiger partial charge is 0.335 e. The minimum Gasteiger partial charge on any atom is -0.497 e. The first-order valence-electron chi connectivity index (χ1n) is 10.9. The van der Waals surface area contributed by atoms with Gasteiger partial charge in [0.1, 0.15) is 17.9 Å². The Balaban J connectivity index is 1.63. The minimum absolute atomic E-state index is 0.201. The van der Waals surface area contributed by atoms with Gasteiger partial charge in [0.05, 0.1) is 24.4 Å². The Morgan fingerprint density at radius 2 is 1.72 bits per heavy atom. The molecule has 0 aromatic heterocycles. The highest BCUT2D eigenvalue weighted by Gasteiger charge is 2.36. The van der Waals surface area contributed by atoms with Crippen LogP contribution < -0.4 is 24.4 Å². The number of imide groups is 2. The molecule has 3 aromatic carbocycles. The number of aryl methyl sites for hydroxylation is 1. The van der Waals surface area contributed by atoms with E-state index >= 15 is 0 Å². The molecule has 1 saturated heterocycles. The van der Waals surface area contributed by atoms with Crippen LogP contribution >= 0.6 is 15.9 Å². The molecule has 0 radical (unpaired) electrons. The number of ether oxygens (including phenoxy) is 3. The molecule has 3 aromatic rings. The molecule has 1 fully saturated rings. The number of nitrogens with one attached hydrogen (secondary N) is 1. The summed E-state index contributed by atoms with van der Waals surface area (Å²) in [5, 5.41) is 2.21. The van der Waals surface area contributed by atoms with Crippen LogP contribution in [0.2, 0.25) is 0 Å². The topological polar surface area (TPSA) is 94.2 Å². The number of urea groups is 1. The maximum absolute atomic E-state index is 13.2. The van der Waals surface area contributed by atoms with E-state index in [2.05, 4.69) is 21.2 Å². The van der Waals surface area contributed by atoms with E-state index in [1.54, 1.807) is 36.4 Å². The van der Waals surface area contributed by atoms with Crippen molar-refractivity contribution in [3.05, 3.63) is 87.4 Å². The van der Waals surface area contributed by atoms with Gasteiger partial charge in [0.15, 0.2) is 11.5 Å². The van der Waals surface area contributed by atoms with Crippen molar-refractivity contribution in [2.45, 2.75) is 13.5 Å². The van der Waals surface area contributed by atoms with Gasteiger partial charge in [-0.1, -0.05) is 29.8 Å². The van der Waals surface area contributed by atoms with E-state index in [4.69, 9.17) is 14.2 Å². The maximum Gasteiger partial charge on any atom is 0.335 e. The van der Waals surface area contributed by atoms with Crippen molar-refractivity contribution < 1.29 is 28.6 Å². The van der Waals surface area contributed by atoms with Crippen LogP contribution in [-0.4, -0.2) is 32.1 Å². The molecule has 9 heteroatoms. The Morgan fingerprint density at radius 1 is 0.972 bits per heavy atom. The number of rotatable bonds is 7. The van der Waals surface area contributed by atoms with Crippen molar-refractivity contribution in [1.82, 2.24) is 5.32 Å². The van der Waals surface area contributed by atoms with Gasteiger partial charge < -0.3 is 14.2 Å². The molecule has 1 N–H and O–H groups in total. The van der Waals surface area contributed by atoms with Gasteiger partial charge >= 0.3 is 6.03 Å². The molecule has 0 spiro atoms. The first-order chi connectivity index (χ1) is 17.3. The summed E-state index contributed by atoms with van der Waals surface area (Å²) in [4.78, 5) is 39.1. The molecule has 0 saturated carbocycles. The zero-order valence-electron chi connectivity index (χ0n) is 19.8. The minimum atomic E-state index is -0.828. The summed E-state index contributed by atoms with van der Waals surface area (Å²) < 4.78 is 17.2. The summed E-state index contributed by atoms with van der Waals surface area (Å²) in [7, 11) is 3.01. The molecule has 1 aliphatic rings. The molecule has 36 heavy (non-hydrogen) atoms. The van der Waals surface area contributed by atoms with E-state index in [1.165, 1.54) is 20.3 Å². The highest BCUT2D eigenvalue weighted by molar-refractivity contribution is 9.10. The Hall–Kier alpha value is -4.11. The monoisotopic (exact) mass is 550 g/mol. The van der Waals surface area contributed by atoms with E-state index in [0.717, 1.165) is 16.0 Å². The number of halogens is 1. The summed E-state index contributed by atoms with van der Waals surface area (Å²) in [6.07, 6.45) is 1.40. The Morgan fingerprint density at radius 3 is 2.39 bits per heavy atom. The summed E-state index contributed by atoms with van der Waals surface area (Å²) in [5.74, 6) is -0.0724. The largest absolute Gasteiger partial charge is 0.497 e. The van der Waals surface area contributed by atoms with Crippen LogP contribution in [0.15, 0.2) is 70.7 Å². The van der Waals surface area contributed by atoms with Gasteiger partial charge in [-0.2, -0.15) is 0 Å². The molecule has 4 amide bonds. The lowest BCUT2D eigenvalue weighted by atomic mass is 10.1. The van der Waals surface area contributed by atoms with Crippen LogP contribution in [0.4, 0.5) is 10.5 Å². The number of anilines is 1. The van der Waals surface area contributed by atoms with E-state index in [9.17, 15) is 14.4 Å². The average molecular weight is 551 g/mol. The van der Waals surface area contributed by atoms with Gasteiger partial charge in [0.2, 0.25) is 0 Å². The predicted octanol–water partition coefficient (Wildman–Crippen LogP) is 5.02. The first kappa shape index (κ1) is 25.0. The Kier molecular flexibility index (Phi) is 7.40. The molecule has 0 unspecified atom stereocenters. The van der Waals surface area contributed by atoms with E-state index in [1.807, 2.05) is 31.2 Å². The average Bonchev–Trinajstić information content (AvgIpc) is 2.86. The first-order valence-corrected chi connectivity index (χ1v) is 11.7. The third-order valence-electron chi connectivity index (χ3n) is 5.46. The van der Waals surface area contributed by atoms with Crippen molar-refractivity contribution in [1.29, 1.82) is 0 Å². The second kappa shape index (κ2) is 10.7. The quantitative estimate of drug-likeness (QED) is 0.328. The second-order valence-corrected chi connectivity index (χ2v) is 8.82. The standard InChI is InChI=1S/C27H23BrN2O6/c1-16-5-4-6-17(11-16)15-36-24-22(28)13-18(14-23(24)35-3)12-21-25(31)29-27(33)30(26(21)32)19-7-9-20(34-2)10-8-19/h4-14H,15H2,1-3H3,(H,29,31,33)/b21-12+. The van der Waals surface area contributed by atoms with Crippen LogP contribution in [0, 0.1) is 6.92 Å². The molecule has 8 nitrogen and oxygen atoms in total. The lowest BCUT2D eigenvalue weighted by Gasteiger charge is -2.26. The van der Waals surface area contributed by atoms with Crippen LogP contribution in [-0.2, 0) is 16.2 Å². The van der Waals surface area contributed by atoms with Crippen molar-refractivity contribution in [3.8, 4) is 17.2 Å². The summed E-state index contributed by atoms with van der Waals surface area (Å²) in [5.41, 5.74) is 2.73. The fraction of sp³-hybridized carbons (Fsp3) is 0.148. The van der Waals surface area contributed by atoms with Crippen molar-refractivity contribution in [2.75, 3.05) is 19.1 Å². The van der Waals surface area contributed by atoms with E-state index in [-0.39, 0.29) is 5.57 Å². The highest BCUT2D eigenvalue weighted by Crippen LogP contribution is 2.38. The number of benzene rings is 3. The lowest BCUT2D eigenvalue weighted by Crippen LogP contribution is -2.54. The van der Waals surface area contributed by atoms with Gasteiger partial charge in [0.25, 0.3) is 11.8 Å². The lowest BCUT2D eigenvalue weighted by molar-refractivity contribution is -0.122. The summed E-state index contributed by atoms with van der Waals surface area (Å²) >= 11 is 3.50. The van der Waals surface area contributed by atoms with Gasteiger partial charge in [-0.3, -0.25) is 14.9 Å². The molecular weight excluding hydrogens is 528 g/mol. The number of nitrogens with zero attached hydrogens (tertiary/aromatic N) is 1. The number of hydrogen-bond acceptors (Lipinski definition) is 6.